The second-order valence-electron chi connectivity index (χ2n) is 5.83. The molecule has 0 radical (unpaired) electrons. The fourth-order valence-corrected chi connectivity index (χ4v) is 4.23. The predicted molar refractivity (Wildman–Crippen MR) is 98.8 cm³/mol. The number of nitrogens with two attached hydrogens (primary N) is 1. The zero-order valence-electron chi connectivity index (χ0n) is 13.9. The number of thiophene rings is 1. The Balaban J connectivity index is 2.04. The Morgan fingerprint density at radius 1 is 1.36 bits per heavy atom. The predicted octanol–water partition coefficient (Wildman–Crippen LogP) is 3.79. The van der Waals surface area contributed by atoms with Gasteiger partial charge in [0.15, 0.2) is 0 Å². The molecule has 0 spiro atoms. The van der Waals surface area contributed by atoms with Crippen molar-refractivity contribution in [3.8, 4) is 11.1 Å². The first-order valence-corrected chi connectivity index (χ1v) is 9.06. The van der Waals surface area contributed by atoms with Crippen LogP contribution in [0, 0.1) is 0 Å². The van der Waals surface area contributed by atoms with Crippen LogP contribution in [-0.2, 0) is 22.5 Å². The number of esters is 1. The van der Waals surface area contributed by atoms with Gasteiger partial charge >= 0.3 is 5.97 Å². The van der Waals surface area contributed by atoms with Crippen molar-refractivity contribution in [2.24, 2.45) is 0 Å². The van der Waals surface area contributed by atoms with E-state index in [1.807, 2.05) is 30.3 Å². The Morgan fingerprint density at radius 3 is 2.92 bits per heavy atom. The lowest BCUT2D eigenvalue weighted by molar-refractivity contribution is 0.0533. The number of aromatic nitrogens is 1. The smallest absolute Gasteiger partial charge is 0.350 e. The van der Waals surface area contributed by atoms with E-state index in [2.05, 4.69) is 0 Å². The number of benzene rings is 1. The van der Waals surface area contributed by atoms with Gasteiger partial charge in [0, 0.05) is 22.9 Å². The molecule has 0 saturated heterocycles. The van der Waals surface area contributed by atoms with E-state index >= 15 is 0 Å². The summed E-state index contributed by atoms with van der Waals surface area (Å²) in [5, 5.41) is 0.823. The highest BCUT2D eigenvalue weighted by Crippen LogP contribution is 2.43. The zero-order valence-corrected chi connectivity index (χ0v) is 14.7. The van der Waals surface area contributed by atoms with Crippen molar-refractivity contribution >= 4 is 33.2 Å². The summed E-state index contributed by atoms with van der Waals surface area (Å²) in [5.74, 6) is -0.392. The first kappa shape index (κ1) is 16.1. The number of nitrogen functional groups attached to an aromatic ring is 1. The lowest BCUT2D eigenvalue weighted by atomic mass is 9.94. The molecule has 1 aliphatic heterocycles. The van der Waals surface area contributed by atoms with Crippen LogP contribution in [0.4, 0.5) is 5.69 Å². The van der Waals surface area contributed by atoms with Crippen LogP contribution in [0.15, 0.2) is 30.3 Å². The van der Waals surface area contributed by atoms with Gasteiger partial charge in [0.2, 0.25) is 0 Å². The number of fused-ring (bicyclic) bond motifs is 2. The first-order valence-electron chi connectivity index (χ1n) is 8.24. The van der Waals surface area contributed by atoms with Crippen LogP contribution in [0.1, 0.15) is 27.9 Å². The number of anilines is 1. The van der Waals surface area contributed by atoms with Crippen LogP contribution in [0.5, 0.6) is 0 Å². The van der Waals surface area contributed by atoms with E-state index in [1.54, 1.807) is 6.92 Å². The normalized spacial score (nSPS) is 13.6. The maximum Gasteiger partial charge on any atom is 0.350 e. The fraction of sp³-hybridized carbons (Fsp3) is 0.263. The number of nitrogens with zero attached hydrogens (tertiary/aromatic N) is 1. The van der Waals surface area contributed by atoms with Crippen molar-refractivity contribution in [1.82, 2.24) is 4.98 Å². The molecular formula is C19H18N2O3S. The second-order valence-corrected chi connectivity index (χ2v) is 6.83. The average molecular weight is 354 g/mol. The lowest BCUT2D eigenvalue weighted by Crippen LogP contribution is -2.13. The molecule has 1 aliphatic rings. The minimum Gasteiger partial charge on any atom is -0.462 e. The highest BCUT2D eigenvalue weighted by atomic mass is 32.1. The monoisotopic (exact) mass is 354 g/mol. The van der Waals surface area contributed by atoms with Crippen molar-refractivity contribution in [3.05, 3.63) is 46.5 Å². The van der Waals surface area contributed by atoms with E-state index in [0.717, 1.165) is 39.0 Å². The number of carbonyl (C=O) groups is 1. The highest BCUT2D eigenvalue weighted by Gasteiger charge is 2.26. The van der Waals surface area contributed by atoms with Crippen molar-refractivity contribution in [1.29, 1.82) is 0 Å². The molecule has 128 valence electrons. The fourth-order valence-electron chi connectivity index (χ4n) is 3.21. The van der Waals surface area contributed by atoms with Crippen LogP contribution < -0.4 is 5.73 Å². The van der Waals surface area contributed by atoms with Crippen LogP contribution in [0.2, 0.25) is 0 Å². The largest absolute Gasteiger partial charge is 0.462 e. The summed E-state index contributed by atoms with van der Waals surface area (Å²) in [4.78, 5) is 18.2. The lowest BCUT2D eigenvalue weighted by Gasteiger charge is -2.20. The number of rotatable bonds is 3. The molecule has 3 aromatic rings. The summed E-state index contributed by atoms with van der Waals surface area (Å²) >= 11 is 1.30. The number of hydrogen-bond acceptors (Lipinski definition) is 6. The number of pyridine rings is 1. The molecule has 0 saturated carbocycles. The molecule has 2 N–H and O–H groups in total. The van der Waals surface area contributed by atoms with Gasteiger partial charge in [-0.15, -0.1) is 11.3 Å². The Bertz CT molecular complexity index is 950. The van der Waals surface area contributed by atoms with E-state index in [0.29, 0.717) is 30.4 Å². The van der Waals surface area contributed by atoms with E-state index < -0.39 is 5.97 Å². The molecule has 3 heterocycles. The molecule has 0 atom stereocenters. The minimum absolute atomic E-state index is 0.315. The zero-order chi connectivity index (χ0) is 17.4. The molecule has 0 bridgehead atoms. The molecular weight excluding hydrogens is 336 g/mol. The van der Waals surface area contributed by atoms with Gasteiger partial charge in [-0.25, -0.2) is 9.78 Å². The maximum atomic E-state index is 12.3. The summed E-state index contributed by atoms with van der Waals surface area (Å²) in [5.41, 5.74) is 11.0. The van der Waals surface area contributed by atoms with Gasteiger partial charge in [-0.3, -0.25) is 0 Å². The molecule has 0 aliphatic carbocycles. The van der Waals surface area contributed by atoms with Gasteiger partial charge in [0.05, 0.1) is 31.2 Å². The van der Waals surface area contributed by atoms with E-state index in [1.165, 1.54) is 11.3 Å². The quantitative estimate of drug-likeness (QED) is 0.724. The van der Waals surface area contributed by atoms with Crippen molar-refractivity contribution in [2.75, 3.05) is 18.9 Å². The van der Waals surface area contributed by atoms with Gasteiger partial charge in [-0.2, -0.15) is 0 Å². The van der Waals surface area contributed by atoms with E-state index in [4.69, 9.17) is 20.2 Å². The maximum absolute atomic E-state index is 12.3. The third-order valence-corrected chi connectivity index (χ3v) is 5.40. The van der Waals surface area contributed by atoms with Gasteiger partial charge in [-0.1, -0.05) is 30.3 Å². The number of hydrogen-bond donors (Lipinski definition) is 1. The van der Waals surface area contributed by atoms with Crippen LogP contribution >= 0.6 is 11.3 Å². The topological polar surface area (TPSA) is 74.4 Å². The summed E-state index contributed by atoms with van der Waals surface area (Å²) < 4.78 is 10.8. The SMILES string of the molecule is CCOC(=O)c1sc2nc3c(c(-c4ccccc4)c2c1N)COCC3. The van der Waals surface area contributed by atoms with Crippen LogP contribution in [-0.4, -0.2) is 24.2 Å². The average Bonchev–Trinajstić information content (AvgIpc) is 2.97. The standard InChI is InChI=1S/C19H18N2O3S/c1-2-24-19(22)17-16(20)15-14(11-6-4-3-5-7-11)12-10-23-9-8-13(12)21-18(15)25-17/h3-7H,2,8-10,20H2,1H3. The van der Waals surface area contributed by atoms with Gasteiger partial charge in [0.25, 0.3) is 0 Å². The van der Waals surface area contributed by atoms with Gasteiger partial charge in [0.1, 0.15) is 9.71 Å². The first-order chi connectivity index (χ1) is 12.2. The minimum atomic E-state index is -0.392. The molecule has 25 heavy (non-hydrogen) atoms. The Kier molecular flexibility index (Phi) is 4.15. The summed E-state index contributed by atoms with van der Waals surface area (Å²) in [7, 11) is 0. The van der Waals surface area contributed by atoms with Crippen molar-refractivity contribution in [2.45, 2.75) is 20.0 Å². The summed E-state index contributed by atoms with van der Waals surface area (Å²) in [6.07, 6.45) is 0.762. The molecule has 6 heteroatoms. The summed E-state index contributed by atoms with van der Waals surface area (Å²) in [6, 6.07) is 10.1. The molecule has 5 nitrogen and oxygen atoms in total. The molecule has 4 rings (SSSR count). The van der Waals surface area contributed by atoms with Crippen molar-refractivity contribution in [3.63, 3.8) is 0 Å². The molecule has 1 aromatic carbocycles. The van der Waals surface area contributed by atoms with Crippen LogP contribution in [0.25, 0.3) is 21.3 Å². The van der Waals surface area contributed by atoms with E-state index in [9.17, 15) is 4.79 Å². The van der Waals surface area contributed by atoms with Gasteiger partial charge < -0.3 is 15.2 Å². The third-order valence-electron chi connectivity index (χ3n) is 4.32. The number of ether oxygens (including phenoxy) is 2. The third kappa shape index (κ3) is 2.67. The van der Waals surface area contributed by atoms with Gasteiger partial charge in [-0.05, 0) is 12.5 Å². The highest BCUT2D eigenvalue weighted by molar-refractivity contribution is 7.21. The number of carbonyl (C=O) groups excluding carboxylic acids is 1. The molecule has 2 aromatic heterocycles. The van der Waals surface area contributed by atoms with Crippen LogP contribution in [0.3, 0.4) is 0 Å². The molecule has 0 unspecified atom stereocenters. The molecule has 0 amide bonds. The molecule has 0 fully saturated rings. The Labute approximate surface area is 149 Å². The Morgan fingerprint density at radius 2 is 2.16 bits per heavy atom. The Hall–Kier alpha value is -2.44. The van der Waals surface area contributed by atoms with E-state index in [-0.39, 0.29) is 0 Å². The second kappa shape index (κ2) is 6.46. The van der Waals surface area contributed by atoms with Crippen molar-refractivity contribution < 1.29 is 14.3 Å². The summed E-state index contributed by atoms with van der Waals surface area (Å²) in [6.45, 7) is 3.26.